The van der Waals surface area contributed by atoms with Gasteiger partial charge in [-0.05, 0) is 38.0 Å². The number of sulfonamides is 1. The molecule has 1 aromatic rings. The SMILES string of the molecule is CCC(C)(C)N(C)S(=O)(=O)c1ccc(CN)c(Cl)c1. The van der Waals surface area contributed by atoms with Crippen LogP contribution in [0.5, 0.6) is 0 Å². The largest absolute Gasteiger partial charge is 0.326 e. The number of nitrogens with two attached hydrogens (primary N) is 1. The number of hydrogen-bond donors (Lipinski definition) is 1. The van der Waals surface area contributed by atoms with Crippen LogP contribution >= 0.6 is 11.6 Å². The van der Waals surface area contributed by atoms with Gasteiger partial charge in [0.15, 0.2) is 0 Å². The summed E-state index contributed by atoms with van der Waals surface area (Å²) in [6.07, 6.45) is 0.720. The first-order valence-corrected chi connectivity index (χ1v) is 7.96. The zero-order chi connectivity index (χ0) is 14.8. The van der Waals surface area contributed by atoms with E-state index in [2.05, 4.69) is 0 Å². The summed E-state index contributed by atoms with van der Waals surface area (Å²) in [5.41, 5.74) is 5.80. The fourth-order valence-electron chi connectivity index (χ4n) is 1.56. The second kappa shape index (κ2) is 5.79. The van der Waals surface area contributed by atoms with Crippen molar-refractivity contribution in [2.45, 2.75) is 44.2 Å². The molecule has 0 fully saturated rings. The van der Waals surface area contributed by atoms with E-state index in [9.17, 15) is 8.42 Å². The normalized spacial score (nSPS) is 13.0. The molecular weight excluding hydrogens is 284 g/mol. The van der Waals surface area contributed by atoms with Crippen LogP contribution in [-0.2, 0) is 16.6 Å². The Balaban J connectivity index is 3.25. The highest BCUT2D eigenvalue weighted by Crippen LogP contribution is 2.27. The summed E-state index contributed by atoms with van der Waals surface area (Å²) in [4.78, 5) is 0.193. The molecule has 0 aliphatic carbocycles. The predicted octanol–water partition coefficient (Wildman–Crippen LogP) is 2.61. The standard InChI is InChI=1S/C13H21ClN2O2S/c1-5-13(2,3)16(4)19(17,18)11-7-6-10(9-15)12(14)8-11/h6-8H,5,9,15H2,1-4H3. The Morgan fingerprint density at radius 3 is 2.37 bits per heavy atom. The van der Waals surface area contributed by atoms with Crippen LogP contribution in [0.25, 0.3) is 0 Å². The van der Waals surface area contributed by atoms with Crippen molar-refractivity contribution in [2.75, 3.05) is 7.05 Å². The summed E-state index contributed by atoms with van der Waals surface area (Å²) in [5, 5.41) is 0.381. The molecule has 19 heavy (non-hydrogen) atoms. The van der Waals surface area contributed by atoms with E-state index >= 15 is 0 Å². The summed E-state index contributed by atoms with van der Waals surface area (Å²) >= 11 is 6.03. The molecule has 1 rings (SSSR count). The Hall–Kier alpha value is -0.620. The third-order valence-corrected chi connectivity index (χ3v) is 6.04. The van der Waals surface area contributed by atoms with Crippen molar-refractivity contribution < 1.29 is 8.42 Å². The average molecular weight is 305 g/mol. The van der Waals surface area contributed by atoms with Crippen LogP contribution in [0.2, 0.25) is 5.02 Å². The maximum atomic E-state index is 12.5. The first kappa shape index (κ1) is 16.4. The first-order chi connectivity index (χ1) is 8.66. The number of rotatable bonds is 5. The van der Waals surface area contributed by atoms with Gasteiger partial charge >= 0.3 is 0 Å². The fourth-order valence-corrected chi connectivity index (χ4v) is 3.49. The molecule has 0 heterocycles. The van der Waals surface area contributed by atoms with E-state index in [-0.39, 0.29) is 11.4 Å². The van der Waals surface area contributed by atoms with Gasteiger partial charge in [0.1, 0.15) is 0 Å². The quantitative estimate of drug-likeness (QED) is 0.909. The highest BCUT2D eigenvalue weighted by molar-refractivity contribution is 7.89. The third-order valence-electron chi connectivity index (χ3n) is 3.62. The number of nitrogens with zero attached hydrogens (tertiary/aromatic N) is 1. The zero-order valence-corrected chi connectivity index (χ0v) is 13.3. The van der Waals surface area contributed by atoms with Crippen LogP contribution < -0.4 is 5.73 Å². The van der Waals surface area contributed by atoms with E-state index in [1.807, 2.05) is 20.8 Å². The lowest BCUT2D eigenvalue weighted by Crippen LogP contribution is -2.44. The zero-order valence-electron chi connectivity index (χ0n) is 11.8. The molecule has 0 saturated heterocycles. The Morgan fingerprint density at radius 2 is 1.95 bits per heavy atom. The smallest absolute Gasteiger partial charge is 0.243 e. The molecule has 0 amide bonds. The molecule has 0 atom stereocenters. The summed E-state index contributed by atoms with van der Waals surface area (Å²) in [6, 6.07) is 4.66. The van der Waals surface area contributed by atoms with Gasteiger partial charge in [-0.1, -0.05) is 24.6 Å². The summed E-state index contributed by atoms with van der Waals surface area (Å²) in [6.45, 7) is 6.02. The minimum absolute atomic E-state index is 0.193. The Kier molecular flexibility index (Phi) is 5.01. The molecule has 0 bridgehead atoms. The molecule has 0 aliphatic rings. The third kappa shape index (κ3) is 3.28. The molecule has 108 valence electrons. The first-order valence-electron chi connectivity index (χ1n) is 6.14. The minimum atomic E-state index is -3.55. The molecule has 0 aromatic heterocycles. The van der Waals surface area contributed by atoms with Crippen molar-refractivity contribution in [1.82, 2.24) is 4.31 Å². The molecule has 0 radical (unpaired) electrons. The van der Waals surface area contributed by atoms with Gasteiger partial charge in [-0.25, -0.2) is 8.42 Å². The molecule has 6 heteroatoms. The summed E-state index contributed by atoms with van der Waals surface area (Å²) in [7, 11) is -1.96. The van der Waals surface area contributed by atoms with Gasteiger partial charge in [-0.3, -0.25) is 0 Å². The lowest BCUT2D eigenvalue weighted by molar-refractivity contribution is 0.257. The second-order valence-electron chi connectivity index (χ2n) is 5.10. The summed E-state index contributed by atoms with van der Waals surface area (Å²) in [5.74, 6) is 0. The fraction of sp³-hybridized carbons (Fsp3) is 0.538. The van der Waals surface area contributed by atoms with Gasteiger partial charge in [0, 0.05) is 24.2 Å². The van der Waals surface area contributed by atoms with Crippen molar-refractivity contribution in [3.05, 3.63) is 28.8 Å². The maximum absolute atomic E-state index is 12.5. The molecule has 0 aliphatic heterocycles. The van der Waals surface area contributed by atoms with Gasteiger partial charge < -0.3 is 5.73 Å². The molecule has 2 N–H and O–H groups in total. The maximum Gasteiger partial charge on any atom is 0.243 e. The highest BCUT2D eigenvalue weighted by atomic mass is 35.5. The molecule has 0 saturated carbocycles. The van der Waals surface area contributed by atoms with Crippen LogP contribution in [0, 0.1) is 0 Å². The van der Waals surface area contributed by atoms with E-state index in [4.69, 9.17) is 17.3 Å². The van der Waals surface area contributed by atoms with Gasteiger partial charge in [0.05, 0.1) is 4.90 Å². The van der Waals surface area contributed by atoms with Gasteiger partial charge in [-0.2, -0.15) is 4.31 Å². The van der Waals surface area contributed by atoms with Crippen molar-refractivity contribution in [3.63, 3.8) is 0 Å². The molecule has 1 aromatic carbocycles. The van der Waals surface area contributed by atoms with Crippen molar-refractivity contribution in [1.29, 1.82) is 0 Å². The van der Waals surface area contributed by atoms with Gasteiger partial charge in [0.2, 0.25) is 10.0 Å². The van der Waals surface area contributed by atoms with Crippen molar-refractivity contribution >= 4 is 21.6 Å². The van der Waals surface area contributed by atoms with E-state index in [0.717, 1.165) is 12.0 Å². The van der Waals surface area contributed by atoms with Crippen LogP contribution in [0.4, 0.5) is 0 Å². The highest BCUT2D eigenvalue weighted by Gasteiger charge is 2.32. The number of benzene rings is 1. The summed E-state index contributed by atoms with van der Waals surface area (Å²) < 4.78 is 26.4. The van der Waals surface area contributed by atoms with Crippen LogP contribution in [0.15, 0.2) is 23.1 Å². The second-order valence-corrected chi connectivity index (χ2v) is 7.47. The van der Waals surface area contributed by atoms with Gasteiger partial charge in [0.25, 0.3) is 0 Å². The minimum Gasteiger partial charge on any atom is -0.326 e. The molecule has 4 nitrogen and oxygen atoms in total. The monoisotopic (exact) mass is 304 g/mol. The molecular formula is C13H21ClN2O2S. The average Bonchev–Trinajstić information content (AvgIpc) is 2.37. The molecule has 0 spiro atoms. The van der Waals surface area contributed by atoms with Crippen LogP contribution in [-0.4, -0.2) is 25.3 Å². The van der Waals surface area contributed by atoms with E-state index in [1.54, 1.807) is 19.2 Å². The van der Waals surface area contributed by atoms with Crippen LogP contribution in [0.3, 0.4) is 0 Å². The van der Waals surface area contributed by atoms with Crippen molar-refractivity contribution in [2.24, 2.45) is 5.73 Å². The lowest BCUT2D eigenvalue weighted by Gasteiger charge is -2.33. The lowest BCUT2D eigenvalue weighted by atomic mass is 10.0. The number of halogens is 1. The Bertz CT molecular complexity index is 556. The topological polar surface area (TPSA) is 63.4 Å². The Labute approximate surface area is 120 Å². The van der Waals surface area contributed by atoms with Gasteiger partial charge in [-0.15, -0.1) is 0 Å². The van der Waals surface area contributed by atoms with Crippen LogP contribution in [0.1, 0.15) is 32.8 Å². The van der Waals surface area contributed by atoms with Crippen molar-refractivity contribution in [3.8, 4) is 0 Å². The molecule has 0 unspecified atom stereocenters. The van der Waals surface area contributed by atoms with E-state index in [0.29, 0.717) is 5.02 Å². The van der Waals surface area contributed by atoms with E-state index < -0.39 is 15.6 Å². The van der Waals surface area contributed by atoms with E-state index in [1.165, 1.54) is 10.4 Å². The number of hydrogen-bond acceptors (Lipinski definition) is 3. The Morgan fingerprint density at radius 1 is 1.37 bits per heavy atom. The predicted molar refractivity (Wildman–Crippen MR) is 78.7 cm³/mol.